The summed E-state index contributed by atoms with van der Waals surface area (Å²) in [6, 6.07) is 6.93. The number of benzene rings is 1. The molecule has 1 aliphatic rings. The average Bonchev–Trinajstić information content (AvgIpc) is 2.80. The van der Waals surface area contributed by atoms with E-state index < -0.39 is 29.7 Å². The zero-order chi connectivity index (χ0) is 24.1. The summed E-state index contributed by atoms with van der Waals surface area (Å²) >= 11 is 0. The summed E-state index contributed by atoms with van der Waals surface area (Å²) in [5.74, 6) is -2.97. The number of para-hydroxylation sites is 1. The SMILES string of the molecule is CCOC(=O)N1CCN(C(=O)C(CC(N)=O)c2nc3ccccc3c(OC)c2C(N)=O)CC1. The number of nitrogens with zero attached hydrogens (tertiary/aromatic N) is 3. The van der Waals surface area contributed by atoms with Crippen LogP contribution in [0.4, 0.5) is 4.79 Å². The number of amides is 4. The second kappa shape index (κ2) is 10.2. The number of pyridine rings is 1. The zero-order valence-corrected chi connectivity index (χ0v) is 18.6. The molecule has 0 saturated carbocycles. The molecule has 1 saturated heterocycles. The normalized spacial score (nSPS) is 14.6. The van der Waals surface area contributed by atoms with Gasteiger partial charge in [-0.1, -0.05) is 12.1 Å². The Kier molecular flexibility index (Phi) is 7.31. The van der Waals surface area contributed by atoms with E-state index in [1.165, 1.54) is 16.9 Å². The molecule has 0 spiro atoms. The Balaban J connectivity index is 2.01. The number of fused-ring (bicyclic) bond motifs is 1. The summed E-state index contributed by atoms with van der Waals surface area (Å²) in [7, 11) is 1.39. The first-order valence-corrected chi connectivity index (χ1v) is 10.5. The van der Waals surface area contributed by atoms with Crippen molar-refractivity contribution < 1.29 is 28.7 Å². The van der Waals surface area contributed by atoms with E-state index in [1.54, 1.807) is 31.2 Å². The predicted octanol–water partition coefficient (Wildman–Crippen LogP) is 0.602. The average molecular weight is 457 g/mol. The number of carbonyl (C=O) groups excluding carboxylic acids is 4. The summed E-state index contributed by atoms with van der Waals surface area (Å²) in [6.07, 6.45) is -0.818. The molecule has 1 aromatic carbocycles. The number of rotatable bonds is 7. The minimum absolute atomic E-state index is 0.0367. The van der Waals surface area contributed by atoms with Gasteiger partial charge in [-0.3, -0.25) is 19.4 Å². The number of aromatic nitrogens is 1. The van der Waals surface area contributed by atoms with Gasteiger partial charge in [-0.05, 0) is 19.1 Å². The summed E-state index contributed by atoms with van der Waals surface area (Å²) < 4.78 is 10.5. The quantitative estimate of drug-likeness (QED) is 0.616. The van der Waals surface area contributed by atoms with E-state index in [9.17, 15) is 19.2 Å². The van der Waals surface area contributed by atoms with Gasteiger partial charge < -0.3 is 30.7 Å². The molecule has 2 aromatic rings. The molecule has 0 aliphatic carbocycles. The molecule has 33 heavy (non-hydrogen) atoms. The zero-order valence-electron chi connectivity index (χ0n) is 18.6. The van der Waals surface area contributed by atoms with Gasteiger partial charge in [0.05, 0.1) is 30.8 Å². The Bertz CT molecular complexity index is 1080. The van der Waals surface area contributed by atoms with E-state index in [4.69, 9.17) is 20.9 Å². The highest BCUT2D eigenvalue weighted by Gasteiger charge is 2.36. The van der Waals surface area contributed by atoms with Gasteiger partial charge in [-0.15, -0.1) is 0 Å². The largest absolute Gasteiger partial charge is 0.495 e. The van der Waals surface area contributed by atoms with Crippen LogP contribution in [0.25, 0.3) is 10.9 Å². The molecule has 3 rings (SSSR count). The lowest BCUT2D eigenvalue weighted by Gasteiger charge is -2.35. The number of carbonyl (C=O) groups is 4. The van der Waals surface area contributed by atoms with E-state index in [0.717, 1.165) is 0 Å². The van der Waals surface area contributed by atoms with E-state index in [0.29, 0.717) is 10.9 Å². The highest BCUT2D eigenvalue weighted by Crippen LogP contribution is 2.35. The van der Waals surface area contributed by atoms with Crippen molar-refractivity contribution in [2.24, 2.45) is 11.5 Å². The van der Waals surface area contributed by atoms with Gasteiger partial charge in [-0.25, -0.2) is 4.79 Å². The van der Waals surface area contributed by atoms with Crippen molar-refractivity contribution in [1.82, 2.24) is 14.8 Å². The fourth-order valence-electron chi connectivity index (χ4n) is 3.95. The lowest BCUT2D eigenvalue weighted by Crippen LogP contribution is -2.52. The third-order valence-corrected chi connectivity index (χ3v) is 5.47. The summed E-state index contributed by atoms with van der Waals surface area (Å²) in [5, 5.41) is 0.547. The molecule has 4 amide bonds. The number of hydrogen-bond donors (Lipinski definition) is 2. The van der Waals surface area contributed by atoms with Gasteiger partial charge in [0.25, 0.3) is 5.91 Å². The van der Waals surface area contributed by atoms with Crippen LogP contribution in [-0.4, -0.2) is 78.5 Å². The third kappa shape index (κ3) is 4.97. The van der Waals surface area contributed by atoms with Crippen LogP contribution in [0, 0.1) is 0 Å². The lowest BCUT2D eigenvalue weighted by molar-refractivity contribution is -0.136. The third-order valence-electron chi connectivity index (χ3n) is 5.47. The second-order valence-corrected chi connectivity index (χ2v) is 7.52. The highest BCUT2D eigenvalue weighted by molar-refractivity contribution is 6.05. The van der Waals surface area contributed by atoms with Crippen molar-refractivity contribution in [3.05, 3.63) is 35.5 Å². The molecule has 0 radical (unpaired) electrons. The Morgan fingerprint density at radius 2 is 1.70 bits per heavy atom. The van der Waals surface area contributed by atoms with E-state index >= 15 is 0 Å². The summed E-state index contributed by atoms with van der Waals surface area (Å²) in [4.78, 5) is 57.3. The van der Waals surface area contributed by atoms with E-state index in [2.05, 4.69) is 4.98 Å². The van der Waals surface area contributed by atoms with Crippen LogP contribution in [0.3, 0.4) is 0 Å². The van der Waals surface area contributed by atoms with Crippen LogP contribution in [0.15, 0.2) is 24.3 Å². The minimum Gasteiger partial charge on any atom is -0.495 e. The van der Waals surface area contributed by atoms with Gasteiger partial charge in [-0.2, -0.15) is 0 Å². The van der Waals surface area contributed by atoms with Crippen LogP contribution < -0.4 is 16.2 Å². The first kappa shape index (κ1) is 23.8. The topological polar surface area (TPSA) is 158 Å². The number of nitrogens with two attached hydrogens (primary N) is 2. The van der Waals surface area contributed by atoms with Crippen LogP contribution >= 0.6 is 0 Å². The fourth-order valence-corrected chi connectivity index (χ4v) is 3.95. The lowest BCUT2D eigenvalue weighted by atomic mass is 9.92. The number of hydrogen-bond acceptors (Lipinski definition) is 7. The molecule has 11 nitrogen and oxygen atoms in total. The number of piperazine rings is 1. The van der Waals surface area contributed by atoms with Gasteiger partial charge in [0.1, 0.15) is 11.3 Å². The Labute approximate surface area is 190 Å². The molecule has 1 atom stereocenters. The van der Waals surface area contributed by atoms with Crippen molar-refractivity contribution in [2.75, 3.05) is 39.9 Å². The number of primary amides is 2. The highest BCUT2D eigenvalue weighted by atomic mass is 16.6. The van der Waals surface area contributed by atoms with E-state index in [1.807, 2.05) is 0 Å². The van der Waals surface area contributed by atoms with Crippen LogP contribution in [0.2, 0.25) is 0 Å². The molecule has 1 aromatic heterocycles. The first-order valence-electron chi connectivity index (χ1n) is 10.5. The molecule has 4 N–H and O–H groups in total. The molecule has 2 heterocycles. The second-order valence-electron chi connectivity index (χ2n) is 7.52. The monoisotopic (exact) mass is 457 g/mol. The summed E-state index contributed by atoms with van der Waals surface area (Å²) in [5.41, 5.74) is 11.5. The molecule has 11 heteroatoms. The minimum atomic E-state index is -1.14. The molecular weight excluding hydrogens is 430 g/mol. The molecule has 1 fully saturated rings. The van der Waals surface area contributed by atoms with E-state index in [-0.39, 0.29) is 56.2 Å². The molecule has 176 valence electrons. The molecule has 1 aliphatic heterocycles. The maximum atomic E-state index is 13.5. The van der Waals surface area contributed by atoms with Crippen molar-refractivity contribution in [1.29, 1.82) is 0 Å². The van der Waals surface area contributed by atoms with Crippen LogP contribution in [-0.2, 0) is 14.3 Å². The fraction of sp³-hybridized carbons (Fsp3) is 0.409. The Morgan fingerprint density at radius 3 is 2.27 bits per heavy atom. The molecule has 1 unspecified atom stereocenters. The Morgan fingerprint density at radius 1 is 1.06 bits per heavy atom. The standard InChI is InChI=1S/C22H27N5O6/c1-3-33-22(31)27-10-8-26(9-11-27)21(30)14(12-16(23)28)18-17(20(24)29)19(32-2)13-6-4-5-7-15(13)25-18/h4-7,14H,3,8-12H2,1-2H3,(H2,23,28)(H2,24,29). The van der Waals surface area contributed by atoms with Gasteiger partial charge in [0, 0.05) is 38.0 Å². The number of methoxy groups -OCH3 is 1. The van der Waals surface area contributed by atoms with Gasteiger partial charge in [0.2, 0.25) is 11.8 Å². The molecular formula is C22H27N5O6. The maximum absolute atomic E-state index is 13.5. The number of ether oxygens (including phenoxy) is 2. The van der Waals surface area contributed by atoms with Gasteiger partial charge >= 0.3 is 6.09 Å². The van der Waals surface area contributed by atoms with Crippen molar-refractivity contribution in [2.45, 2.75) is 19.3 Å². The van der Waals surface area contributed by atoms with Crippen molar-refractivity contribution in [3.8, 4) is 5.75 Å². The smallest absolute Gasteiger partial charge is 0.409 e. The van der Waals surface area contributed by atoms with Crippen LogP contribution in [0.1, 0.15) is 35.3 Å². The van der Waals surface area contributed by atoms with Gasteiger partial charge in [0.15, 0.2) is 0 Å². The van der Waals surface area contributed by atoms with Crippen molar-refractivity contribution in [3.63, 3.8) is 0 Å². The Hall–Kier alpha value is -3.89. The first-order chi connectivity index (χ1) is 15.8. The predicted molar refractivity (Wildman–Crippen MR) is 119 cm³/mol. The van der Waals surface area contributed by atoms with Crippen molar-refractivity contribution >= 4 is 34.7 Å². The molecule has 0 bridgehead atoms. The van der Waals surface area contributed by atoms with Crippen LogP contribution in [0.5, 0.6) is 5.75 Å². The maximum Gasteiger partial charge on any atom is 0.409 e. The summed E-state index contributed by atoms with van der Waals surface area (Å²) in [6.45, 7) is 2.96.